The van der Waals surface area contributed by atoms with Crippen molar-refractivity contribution in [2.75, 3.05) is 19.6 Å². The van der Waals surface area contributed by atoms with Gasteiger partial charge in [0.25, 0.3) is 5.91 Å². The maximum atomic E-state index is 12.5. The normalized spacial score (nSPS) is 22.2. The highest BCUT2D eigenvalue weighted by molar-refractivity contribution is 7.03. The van der Waals surface area contributed by atoms with Crippen molar-refractivity contribution in [2.24, 2.45) is 0 Å². The predicted molar refractivity (Wildman–Crippen MR) is 95.9 cm³/mol. The first-order valence-corrected chi connectivity index (χ1v) is 9.61. The zero-order chi connectivity index (χ0) is 17.3. The van der Waals surface area contributed by atoms with Gasteiger partial charge in [-0.2, -0.15) is 0 Å². The Balaban J connectivity index is 1.58. The lowest BCUT2D eigenvalue weighted by atomic mass is 9.80. The van der Waals surface area contributed by atoms with Crippen molar-refractivity contribution in [3.8, 4) is 5.75 Å². The van der Waals surface area contributed by atoms with Gasteiger partial charge in [0.05, 0.1) is 6.04 Å². The number of amides is 1. The molecule has 6 nitrogen and oxygen atoms in total. The van der Waals surface area contributed by atoms with Crippen LogP contribution < -0.4 is 10.1 Å². The van der Waals surface area contributed by atoms with E-state index >= 15 is 0 Å². The summed E-state index contributed by atoms with van der Waals surface area (Å²) >= 11 is 1.19. The molecule has 2 aliphatic heterocycles. The first kappa shape index (κ1) is 16.5. The molecule has 1 saturated heterocycles. The average molecular weight is 358 g/mol. The number of aromatic nitrogens is 2. The Morgan fingerprint density at radius 1 is 1.40 bits per heavy atom. The number of para-hydroxylation sites is 1. The Hall–Kier alpha value is -1.99. The van der Waals surface area contributed by atoms with E-state index in [1.165, 1.54) is 11.5 Å². The van der Waals surface area contributed by atoms with E-state index in [0.717, 1.165) is 50.2 Å². The van der Waals surface area contributed by atoms with Crippen molar-refractivity contribution >= 4 is 17.4 Å². The number of likely N-dealkylation sites (tertiary alicyclic amines) is 1. The number of hydrogen-bond donors (Lipinski definition) is 1. The molecule has 0 bridgehead atoms. The van der Waals surface area contributed by atoms with Gasteiger partial charge in [0, 0.05) is 30.5 Å². The molecule has 7 heteroatoms. The van der Waals surface area contributed by atoms with Gasteiger partial charge in [-0.3, -0.25) is 4.79 Å². The minimum absolute atomic E-state index is 0.0627. The number of nitrogens with one attached hydrogen (secondary N) is 1. The number of piperidine rings is 1. The molecule has 0 saturated carbocycles. The summed E-state index contributed by atoms with van der Waals surface area (Å²) in [4.78, 5) is 14.9. The molecule has 1 fully saturated rings. The fourth-order valence-electron chi connectivity index (χ4n) is 3.83. The molecular weight excluding hydrogens is 336 g/mol. The smallest absolute Gasteiger partial charge is 0.273 e. The lowest BCUT2D eigenvalue weighted by Gasteiger charge is -2.46. The summed E-state index contributed by atoms with van der Waals surface area (Å²) in [6, 6.07) is 7.96. The van der Waals surface area contributed by atoms with E-state index in [1.54, 1.807) is 5.38 Å². The van der Waals surface area contributed by atoms with Gasteiger partial charge in [-0.05, 0) is 37.0 Å². The van der Waals surface area contributed by atoms with E-state index in [0.29, 0.717) is 5.69 Å². The molecule has 25 heavy (non-hydrogen) atoms. The van der Waals surface area contributed by atoms with Crippen molar-refractivity contribution in [3.05, 3.63) is 40.9 Å². The lowest BCUT2D eigenvalue weighted by molar-refractivity contribution is -0.0235. The summed E-state index contributed by atoms with van der Waals surface area (Å²) in [5.74, 6) is 0.719. The highest BCUT2D eigenvalue weighted by Gasteiger charge is 2.43. The molecule has 1 atom stereocenters. The summed E-state index contributed by atoms with van der Waals surface area (Å²) in [5.41, 5.74) is 1.23. The van der Waals surface area contributed by atoms with Crippen LogP contribution in [0.4, 0.5) is 0 Å². The zero-order valence-electron chi connectivity index (χ0n) is 14.3. The van der Waals surface area contributed by atoms with Crippen LogP contribution in [0.15, 0.2) is 29.6 Å². The number of hydrogen-bond acceptors (Lipinski definition) is 6. The van der Waals surface area contributed by atoms with Gasteiger partial charge in [-0.25, -0.2) is 0 Å². The van der Waals surface area contributed by atoms with E-state index in [2.05, 4.69) is 26.7 Å². The van der Waals surface area contributed by atoms with Crippen molar-refractivity contribution in [2.45, 2.75) is 37.8 Å². The number of ether oxygens (including phenoxy) is 1. The lowest BCUT2D eigenvalue weighted by Crippen LogP contribution is -2.52. The highest BCUT2D eigenvalue weighted by atomic mass is 32.1. The van der Waals surface area contributed by atoms with Crippen LogP contribution in [0.2, 0.25) is 0 Å². The molecule has 3 heterocycles. The van der Waals surface area contributed by atoms with Crippen molar-refractivity contribution in [3.63, 3.8) is 0 Å². The Labute approximate surface area is 151 Å². The first-order chi connectivity index (χ1) is 12.2. The summed E-state index contributed by atoms with van der Waals surface area (Å²) in [5, 5.41) is 8.70. The van der Waals surface area contributed by atoms with E-state index in [9.17, 15) is 4.79 Å². The summed E-state index contributed by atoms with van der Waals surface area (Å²) in [7, 11) is 0. The fourth-order valence-corrected chi connectivity index (χ4v) is 4.26. The highest BCUT2D eigenvalue weighted by Crippen LogP contribution is 2.44. The maximum absolute atomic E-state index is 12.5. The Morgan fingerprint density at radius 2 is 2.20 bits per heavy atom. The molecule has 2 aliphatic rings. The second kappa shape index (κ2) is 6.72. The van der Waals surface area contributed by atoms with Crippen LogP contribution in [0.5, 0.6) is 5.75 Å². The number of benzene rings is 1. The van der Waals surface area contributed by atoms with Crippen molar-refractivity contribution in [1.29, 1.82) is 0 Å². The molecule has 1 amide bonds. The minimum atomic E-state index is -0.196. The van der Waals surface area contributed by atoms with Gasteiger partial charge in [-0.15, -0.1) is 5.10 Å². The number of carbonyl (C=O) groups is 1. The van der Waals surface area contributed by atoms with Gasteiger partial charge >= 0.3 is 0 Å². The van der Waals surface area contributed by atoms with Gasteiger partial charge in [-0.1, -0.05) is 29.6 Å². The minimum Gasteiger partial charge on any atom is -0.487 e. The van der Waals surface area contributed by atoms with Gasteiger partial charge < -0.3 is 15.0 Å². The predicted octanol–water partition coefficient (Wildman–Crippen LogP) is 2.65. The molecular formula is C18H22N4O2S. The standard InChI is InChI=1S/C18H22N4O2S/c1-2-22-9-7-18(8-10-22)11-14(13-5-3-4-6-16(13)24-18)19-17(23)15-12-25-21-20-15/h3-6,12,14H,2,7-11H2,1H3,(H,19,23)/t14-/m0/s1. The Morgan fingerprint density at radius 3 is 2.92 bits per heavy atom. The van der Waals surface area contributed by atoms with E-state index in [1.807, 2.05) is 24.3 Å². The molecule has 4 rings (SSSR count). The van der Waals surface area contributed by atoms with E-state index < -0.39 is 0 Å². The Bertz CT molecular complexity index is 741. The number of rotatable bonds is 3. The molecule has 0 radical (unpaired) electrons. The van der Waals surface area contributed by atoms with E-state index in [4.69, 9.17) is 4.74 Å². The SMILES string of the molecule is CCN1CCC2(CC1)C[C@H](NC(=O)c1csnn1)c1ccccc1O2. The van der Waals surface area contributed by atoms with Crippen molar-refractivity contribution < 1.29 is 9.53 Å². The topological polar surface area (TPSA) is 67.4 Å². The van der Waals surface area contributed by atoms with Crippen LogP contribution in [-0.2, 0) is 0 Å². The van der Waals surface area contributed by atoms with Crippen LogP contribution in [0.1, 0.15) is 48.3 Å². The summed E-state index contributed by atoms with van der Waals surface area (Å²) in [6.07, 6.45) is 2.77. The van der Waals surface area contributed by atoms with Gasteiger partial charge in [0.2, 0.25) is 0 Å². The maximum Gasteiger partial charge on any atom is 0.273 e. The molecule has 1 aromatic heterocycles. The second-order valence-electron chi connectivity index (χ2n) is 6.78. The zero-order valence-corrected chi connectivity index (χ0v) is 15.1. The first-order valence-electron chi connectivity index (χ1n) is 8.77. The monoisotopic (exact) mass is 358 g/mol. The number of carbonyl (C=O) groups excluding carboxylic acids is 1. The molecule has 132 valence electrons. The van der Waals surface area contributed by atoms with Gasteiger partial charge in [0.15, 0.2) is 5.69 Å². The second-order valence-corrected chi connectivity index (χ2v) is 7.39. The van der Waals surface area contributed by atoms with Crippen LogP contribution in [0.3, 0.4) is 0 Å². The Kier molecular flexibility index (Phi) is 4.43. The molecule has 2 aromatic rings. The van der Waals surface area contributed by atoms with Crippen LogP contribution >= 0.6 is 11.5 Å². The molecule has 1 spiro atoms. The van der Waals surface area contributed by atoms with Crippen LogP contribution in [0.25, 0.3) is 0 Å². The number of fused-ring (bicyclic) bond motifs is 1. The fraction of sp³-hybridized carbons (Fsp3) is 0.500. The molecule has 1 aromatic carbocycles. The van der Waals surface area contributed by atoms with E-state index in [-0.39, 0.29) is 17.6 Å². The summed E-state index contributed by atoms with van der Waals surface area (Å²) < 4.78 is 10.2. The largest absolute Gasteiger partial charge is 0.487 e. The summed E-state index contributed by atoms with van der Waals surface area (Å²) in [6.45, 7) is 5.34. The van der Waals surface area contributed by atoms with Crippen molar-refractivity contribution in [1.82, 2.24) is 19.8 Å². The van der Waals surface area contributed by atoms with Crippen LogP contribution in [0, 0.1) is 0 Å². The molecule has 1 N–H and O–H groups in total. The quantitative estimate of drug-likeness (QED) is 0.914. The van der Waals surface area contributed by atoms with Gasteiger partial charge in [0.1, 0.15) is 11.4 Å². The van der Waals surface area contributed by atoms with Crippen LogP contribution in [-0.4, -0.2) is 45.6 Å². The number of nitrogens with zero attached hydrogens (tertiary/aromatic N) is 3. The third-order valence-corrected chi connectivity index (χ3v) is 5.81. The molecule has 0 aliphatic carbocycles. The average Bonchev–Trinajstić information content (AvgIpc) is 3.17. The third-order valence-electron chi connectivity index (χ3n) is 5.31. The molecule has 0 unspecified atom stereocenters. The third kappa shape index (κ3) is 3.26.